The van der Waals surface area contributed by atoms with E-state index < -0.39 is 17.6 Å². The molecule has 9 heteroatoms. The number of aromatic nitrogens is 1. The predicted molar refractivity (Wildman–Crippen MR) is 122 cm³/mol. The Morgan fingerprint density at radius 3 is 2.45 bits per heavy atom. The van der Waals surface area contributed by atoms with Crippen LogP contribution in [-0.2, 0) is 6.18 Å². The molecule has 0 unspecified atom stereocenters. The summed E-state index contributed by atoms with van der Waals surface area (Å²) in [5.74, 6) is -0.483. The average Bonchev–Trinajstić information content (AvgIpc) is 3.20. The molecule has 0 N–H and O–H groups in total. The molecule has 1 aromatic heterocycles. The molecule has 166 valence electrons. The lowest BCUT2D eigenvalue weighted by Crippen LogP contribution is -2.39. The van der Waals surface area contributed by atoms with Crippen molar-refractivity contribution in [2.24, 2.45) is 0 Å². The van der Waals surface area contributed by atoms with Crippen LogP contribution in [0.5, 0.6) is 0 Å². The van der Waals surface area contributed by atoms with E-state index in [9.17, 15) is 18.0 Å². The highest BCUT2D eigenvalue weighted by Gasteiger charge is 2.32. The highest BCUT2D eigenvalue weighted by Crippen LogP contribution is 2.35. The molecule has 2 aromatic carbocycles. The Morgan fingerprint density at radius 2 is 1.81 bits per heavy atom. The second kappa shape index (κ2) is 10.0. The fourth-order valence-electron chi connectivity index (χ4n) is 3.24. The molecule has 31 heavy (non-hydrogen) atoms. The van der Waals surface area contributed by atoms with Crippen LogP contribution in [0.15, 0.2) is 47.4 Å². The number of hydrogen-bond donors (Lipinski definition) is 0. The van der Waals surface area contributed by atoms with Crippen LogP contribution >= 0.6 is 23.1 Å². The lowest BCUT2D eigenvalue weighted by molar-refractivity contribution is -0.137. The number of rotatable bonds is 8. The number of fused-ring (bicyclic) bond motifs is 1. The van der Waals surface area contributed by atoms with Crippen LogP contribution in [0.4, 0.5) is 18.3 Å². The van der Waals surface area contributed by atoms with Gasteiger partial charge in [0, 0.05) is 23.5 Å². The van der Waals surface area contributed by atoms with Crippen LogP contribution in [0.1, 0.15) is 29.8 Å². The van der Waals surface area contributed by atoms with E-state index >= 15 is 0 Å². The molecular weight excluding hydrogens is 443 g/mol. The zero-order valence-electron chi connectivity index (χ0n) is 17.6. The summed E-state index contributed by atoms with van der Waals surface area (Å²) in [7, 11) is 0. The Balaban J connectivity index is 2.01. The fraction of sp³-hybridized carbons (Fsp3) is 0.364. The van der Waals surface area contributed by atoms with Crippen molar-refractivity contribution in [3.05, 3.63) is 53.6 Å². The number of nitrogens with zero attached hydrogens (tertiary/aromatic N) is 3. The van der Waals surface area contributed by atoms with Crippen molar-refractivity contribution >= 4 is 44.4 Å². The predicted octanol–water partition coefficient (Wildman–Crippen LogP) is 6.03. The van der Waals surface area contributed by atoms with Gasteiger partial charge in [-0.2, -0.15) is 13.2 Å². The van der Waals surface area contributed by atoms with Gasteiger partial charge in [-0.1, -0.05) is 37.3 Å². The first-order valence-corrected chi connectivity index (χ1v) is 12.0. The van der Waals surface area contributed by atoms with Crippen LogP contribution in [-0.4, -0.2) is 48.2 Å². The fourth-order valence-corrected chi connectivity index (χ4v) is 4.89. The van der Waals surface area contributed by atoms with Gasteiger partial charge in [-0.15, -0.1) is 11.8 Å². The highest BCUT2D eigenvalue weighted by molar-refractivity contribution is 7.98. The molecule has 0 spiro atoms. The highest BCUT2D eigenvalue weighted by atomic mass is 32.2. The van der Waals surface area contributed by atoms with Crippen LogP contribution in [0.3, 0.4) is 0 Å². The summed E-state index contributed by atoms with van der Waals surface area (Å²) in [5.41, 5.74) is -0.0330. The Morgan fingerprint density at radius 1 is 1.10 bits per heavy atom. The van der Waals surface area contributed by atoms with Gasteiger partial charge in [0.15, 0.2) is 5.13 Å². The molecule has 1 amide bonds. The molecule has 3 rings (SSSR count). The van der Waals surface area contributed by atoms with Crippen LogP contribution in [0, 0.1) is 0 Å². The van der Waals surface area contributed by atoms with Gasteiger partial charge < -0.3 is 4.90 Å². The maximum atomic E-state index is 13.3. The number of thiazole rings is 1. The van der Waals surface area contributed by atoms with Crippen molar-refractivity contribution in [3.8, 4) is 0 Å². The molecule has 0 aliphatic rings. The number of carbonyl (C=O) groups is 1. The normalized spacial score (nSPS) is 12.0. The van der Waals surface area contributed by atoms with Gasteiger partial charge in [0.25, 0.3) is 5.91 Å². The second-order valence-electron chi connectivity index (χ2n) is 6.87. The first-order chi connectivity index (χ1) is 14.8. The number of alkyl halides is 3. The quantitative estimate of drug-likeness (QED) is 0.379. The van der Waals surface area contributed by atoms with Crippen LogP contribution in [0.25, 0.3) is 10.2 Å². The maximum absolute atomic E-state index is 13.3. The summed E-state index contributed by atoms with van der Waals surface area (Å²) in [5, 5.41) is 0.492. The average molecular weight is 468 g/mol. The van der Waals surface area contributed by atoms with Gasteiger partial charge >= 0.3 is 6.18 Å². The number of benzene rings is 2. The smallest absolute Gasteiger partial charge is 0.302 e. The van der Waals surface area contributed by atoms with E-state index in [-0.39, 0.29) is 5.56 Å². The van der Waals surface area contributed by atoms with Crippen molar-refractivity contribution in [1.82, 2.24) is 9.88 Å². The maximum Gasteiger partial charge on any atom is 0.416 e. The minimum Gasteiger partial charge on any atom is -0.302 e. The van der Waals surface area contributed by atoms with Gasteiger partial charge in [0.1, 0.15) is 0 Å². The number of halogens is 3. The molecule has 0 aliphatic carbocycles. The number of amides is 1. The molecule has 0 bridgehead atoms. The van der Waals surface area contributed by atoms with Crippen molar-refractivity contribution < 1.29 is 18.0 Å². The number of thioether (sulfide) groups is 1. The van der Waals surface area contributed by atoms with E-state index in [0.29, 0.717) is 18.2 Å². The topological polar surface area (TPSA) is 36.4 Å². The first kappa shape index (κ1) is 23.6. The van der Waals surface area contributed by atoms with Crippen molar-refractivity contribution in [2.45, 2.75) is 24.9 Å². The summed E-state index contributed by atoms with van der Waals surface area (Å²) in [6, 6.07) is 10.4. The second-order valence-corrected chi connectivity index (χ2v) is 8.72. The largest absolute Gasteiger partial charge is 0.416 e. The Bertz CT molecular complexity index is 1050. The van der Waals surface area contributed by atoms with Gasteiger partial charge in [0.05, 0.1) is 15.8 Å². The molecule has 4 nitrogen and oxygen atoms in total. The van der Waals surface area contributed by atoms with Crippen molar-refractivity contribution in [2.75, 3.05) is 37.3 Å². The summed E-state index contributed by atoms with van der Waals surface area (Å²) in [6.07, 6.45) is -2.55. The molecule has 0 aliphatic heterocycles. The lowest BCUT2D eigenvalue weighted by Gasteiger charge is -2.25. The van der Waals surface area contributed by atoms with E-state index in [1.165, 1.54) is 28.4 Å². The van der Waals surface area contributed by atoms with Crippen LogP contribution in [0.2, 0.25) is 0 Å². The molecule has 3 aromatic rings. The Labute approximate surface area is 188 Å². The van der Waals surface area contributed by atoms with Crippen LogP contribution < -0.4 is 4.90 Å². The van der Waals surface area contributed by atoms with Crippen molar-refractivity contribution in [1.29, 1.82) is 0 Å². The third-order valence-electron chi connectivity index (χ3n) is 5.04. The molecular formula is C22H24F3N3OS2. The molecule has 0 saturated heterocycles. The van der Waals surface area contributed by atoms with E-state index in [4.69, 9.17) is 4.98 Å². The zero-order valence-corrected chi connectivity index (χ0v) is 19.2. The number of likely N-dealkylation sites (N-methyl/N-ethyl adjacent to an activating group) is 1. The molecule has 0 fully saturated rings. The molecule has 0 atom stereocenters. The number of carbonyl (C=O) groups excluding carboxylic acids is 1. The minimum absolute atomic E-state index is 0.00119. The number of anilines is 1. The number of para-hydroxylation sites is 1. The monoisotopic (exact) mass is 467 g/mol. The molecule has 0 radical (unpaired) electrons. The zero-order chi connectivity index (χ0) is 22.6. The Hall–Kier alpha value is -2.10. The molecule has 1 heterocycles. The van der Waals surface area contributed by atoms with Crippen molar-refractivity contribution in [3.63, 3.8) is 0 Å². The summed E-state index contributed by atoms with van der Waals surface area (Å²) < 4.78 is 40.5. The first-order valence-electron chi connectivity index (χ1n) is 9.93. The van der Waals surface area contributed by atoms with E-state index in [1.54, 1.807) is 11.8 Å². The molecule has 0 saturated carbocycles. The van der Waals surface area contributed by atoms with E-state index in [2.05, 4.69) is 4.90 Å². The third-order valence-corrected chi connectivity index (χ3v) is 6.85. The van der Waals surface area contributed by atoms with Gasteiger partial charge in [-0.25, -0.2) is 4.98 Å². The van der Waals surface area contributed by atoms with Gasteiger partial charge in [-0.3, -0.25) is 9.69 Å². The number of hydrogen-bond acceptors (Lipinski definition) is 5. The lowest BCUT2D eigenvalue weighted by atomic mass is 10.1. The standard InChI is InChI=1S/C22H24F3N3OS2/c1-4-27(5-2)12-13-28(20(29)15-8-6-9-16(14-15)22(23,24)25)21-26-19-17(30-3)10-7-11-18(19)31-21/h6-11,14H,4-5,12-13H2,1-3H3. The Kier molecular flexibility index (Phi) is 7.61. The SMILES string of the molecule is CCN(CC)CCN(C(=O)c1cccc(C(F)(F)F)c1)c1nc2c(SC)cccc2s1. The summed E-state index contributed by atoms with van der Waals surface area (Å²) >= 11 is 2.94. The van der Waals surface area contributed by atoms with E-state index in [0.717, 1.165) is 40.3 Å². The third kappa shape index (κ3) is 5.39. The summed E-state index contributed by atoms with van der Waals surface area (Å²) in [6.45, 7) is 6.64. The summed E-state index contributed by atoms with van der Waals surface area (Å²) in [4.78, 5) is 22.7. The van der Waals surface area contributed by atoms with Gasteiger partial charge in [0.2, 0.25) is 0 Å². The van der Waals surface area contributed by atoms with Gasteiger partial charge in [-0.05, 0) is 49.7 Å². The van der Waals surface area contributed by atoms with E-state index in [1.807, 2.05) is 38.3 Å². The minimum atomic E-state index is -4.51.